The minimum Gasteiger partial charge on any atom is -0.439 e. The fourth-order valence-electron chi connectivity index (χ4n) is 4.28. The summed E-state index contributed by atoms with van der Waals surface area (Å²) in [5.41, 5.74) is -0.274. The molecule has 4 aliphatic heterocycles. The molecule has 122 valence electrons. The van der Waals surface area contributed by atoms with Crippen molar-refractivity contribution in [1.82, 2.24) is 4.90 Å². The average Bonchev–Trinajstić information content (AvgIpc) is 3.09. The molecular weight excluding hydrogens is 332 g/mol. The molecule has 0 N–H and O–H groups in total. The number of benzene rings is 1. The molecule has 4 saturated heterocycles. The number of hydrogen-bond donors (Lipinski definition) is 0. The Morgan fingerprint density at radius 3 is 2.65 bits per heavy atom. The van der Waals surface area contributed by atoms with E-state index in [1.165, 1.54) is 10.1 Å². The zero-order chi connectivity index (χ0) is 14.7. The number of nitrogens with zero attached hydrogens (tertiary/aromatic N) is 2. The predicted octanol–water partition coefficient (Wildman–Crippen LogP) is 3.74. The Morgan fingerprint density at radius 2 is 1.96 bits per heavy atom. The molecule has 2 bridgehead atoms. The highest BCUT2D eigenvalue weighted by atomic mass is 35.5. The van der Waals surface area contributed by atoms with Gasteiger partial charge in [-0.25, -0.2) is 4.79 Å². The third kappa shape index (κ3) is 2.25. The van der Waals surface area contributed by atoms with E-state index in [1.54, 1.807) is 11.3 Å². The van der Waals surface area contributed by atoms with Crippen LogP contribution in [0, 0.1) is 5.92 Å². The number of hydrogen-bond acceptors (Lipinski definition) is 4. The van der Waals surface area contributed by atoms with Crippen molar-refractivity contribution < 1.29 is 9.53 Å². The summed E-state index contributed by atoms with van der Waals surface area (Å²) < 4.78 is 7.16. The van der Waals surface area contributed by atoms with Gasteiger partial charge in [-0.3, -0.25) is 9.80 Å². The number of ether oxygens (including phenoxy) is 1. The van der Waals surface area contributed by atoms with Gasteiger partial charge in [0, 0.05) is 17.2 Å². The number of amides is 1. The second-order valence-corrected chi connectivity index (χ2v) is 7.75. The molecule has 1 aromatic heterocycles. The van der Waals surface area contributed by atoms with Crippen molar-refractivity contribution in [3.05, 3.63) is 30.3 Å². The summed E-state index contributed by atoms with van der Waals surface area (Å²) in [6.45, 7) is 3.93. The minimum atomic E-state index is -0.274. The molecule has 2 aromatic rings. The van der Waals surface area contributed by atoms with Crippen LogP contribution in [0.15, 0.2) is 30.3 Å². The van der Waals surface area contributed by atoms with Crippen LogP contribution >= 0.6 is 23.7 Å². The van der Waals surface area contributed by atoms with Gasteiger partial charge in [-0.05, 0) is 43.5 Å². The van der Waals surface area contributed by atoms with Gasteiger partial charge in [0.25, 0.3) is 0 Å². The van der Waals surface area contributed by atoms with E-state index in [9.17, 15) is 4.79 Å². The summed E-state index contributed by atoms with van der Waals surface area (Å²) in [5, 5.41) is 2.21. The molecule has 0 unspecified atom stereocenters. The van der Waals surface area contributed by atoms with Crippen LogP contribution in [0.5, 0.6) is 0 Å². The van der Waals surface area contributed by atoms with Gasteiger partial charge in [0.05, 0.1) is 6.54 Å². The summed E-state index contributed by atoms with van der Waals surface area (Å²) in [5.74, 6) is 0.529. The van der Waals surface area contributed by atoms with Gasteiger partial charge >= 0.3 is 6.09 Å². The third-order valence-corrected chi connectivity index (χ3v) is 6.58. The van der Waals surface area contributed by atoms with Crippen molar-refractivity contribution in [3.63, 3.8) is 0 Å². The number of fused-ring (bicyclic) bond motifs is 3. The lowest BCUT2D eigenvalue weighted by atomic mass is 9.75. The van der Waals surface area contributed by atoms with Crippen molar-refractivity contribution in [1.29, 1.82) is 0 Å². The van der Waals surface area contributed by atoms with Gasteiger partial charge in [0.1, 0.15) is 10.6 Å². The molecule has 0 aliphatic carbocycles. The monoisotopic (exact) mass is 350 g/mol. The molecule has 5 heterocycles. The van der Waals surface area contributed by atoms with Crippen molar-refractivity contribution in [2.45, 2.75) is 18.4 Å². The van der Waals surface area contributed by atoms with Crippen LogP contribution in [0.4, 0.5) is 9.80 Å². The maximum absolute atomic E-state index is 12.5. The second-order valence-electron chi connectivity index (χ2n) is 6.69. The highest BCUT2D eigenvalue weighted by Gasteiger charge is 2.55. The van der Waals surface area contributed by atoms with Gasteiger partial charge in [0.15, 0.2) is 0 Å². The molecule has 1 spiro atoms. The molecule has 4 aliphatic rings. The number of carbonyl (C=O) groups is 1. The van der Waals surface area contributed by atoms with E-state index >= 15 is 0 Å². The summed E-state index contributed by atoms with van der Waals surface area (Å²) in [6, 6.07) is 10.4. The highest BCUT2D eigenvalue weighted by molar-refractivity contribution is 7.23. The van der Waals surface area contributed by atoms with Crippen molar-refractivity contribution in [3.8, 4) is 0 Å². The van der Waals surface area contributed by atoms with E-state index in [4.69, 9.17) is 4.74 Å². The highest BCUT2D eigenvalue weighted by Crippen LogP contribution is 2.45. The first-order valence-corrected chi connectivity index (χ1v) is 8.77. The molecule has 0 radical (unpaired) electrons. The lowest BCUT2D eigenvalue weighted by Crippen LogP contribution is -2.61. The van der Waals surface area contributed by atoms with Crippen LogP contribution in [0.2, 0.25) is 0 Å². The average molecular weight is 351 g/mol. The van der Waals surface area contributed by atoms with E-state index in [2.05, 4.69) is 23.1 Å². The van der Waals surface area contributed by atoms with Crippen LogP contribution in [0.1, 0.15) is 12.8 Å². The fourth-order valence-corrected chi connectivity index (χ4v) is 5.33. The Kier molecular flexibility index (Phi) is 3.55. The van der Waals surface area contributed by atoms with Crippen molar-refractivity contribution >= 4 is 44.9 Å². The first-order chi connectivity index (χ1) is 10.7. The van der Waals surface area contributed by atoms with Crippen molar-refractivity contribution in [2.75, 3.05) is 31.1 Å². The molecule has 0 saturated carbocycles. The summed E-state index contributed by atoms with van der Waals surface area (Å²) in [4.78, 5) is 16.8. The van der Waals surface area contributed by atoms with Crippen molar-refractivity contribution in [2.24, 2.45) is 5.92 Å². The van der Waals surface area contributed by atoms with E-state index in [0.717, 1.165) is 37.5 Å². The molecule has 4 nitrogen and oxygen atoms in total. The molecule has 1 atom stereocenters. The number of carbonyl (C=O) groups excluding carboxylic acids is 1. The van der Waals surface area contributed by atoms with E-state index in [0.29, 0.717) is 12.5 Å². The topological polar surface area (TPSA) is 32.8 Å². The number of anilines is 1. The van der Waals surface area contributed by atoms with Gasteiger partial charge in [-0.2, -0.15) is 0 Å². The second kappa shape index (κ2) is 5.36. The van der Waals surface area contributed by atoms with Crippen LogP contribution in [0.3, 0.4) is 0 Å². The number of piperidine rings is 3. The fraction of sp³-hybridized carbons (Fsp3) is 0.471. The SMILES string of the molecule is Cl.O=C1O[C@@]2(CN3CCC2CC3)CN1c1cc2ccccc2s1. The quantitative estimate of drug-likeness (QED) is 0.785. The zero-order valence-corrected chi connectivity index (χ0v) is 14.4. The van der Waals surface area contributed by atoms with E-state index < -0.39 is 0 Å². The molecule has 23 heavy (non-hydrogen) atoms. The largest absolute Gasteiger partial charge is 0.439 e. The Morgan fingerprint density at radius 1 is 1.17 bits per heavy atom. The molecular formula is C17H19ClN2O2S. The number of halogens is 1. The zero-order valence-electron chi connectivity index (χ0n) is 12.7. The summed E-state index contributed by atoms with van der Waals surface area (Å²) in [7, 11) is 0. The van der Waals surface area contributed by atoms with Crippen LogP contribution < -0.4 is 4.90 Å². The Hall–Kier alpha value is -1.30. The third-order valence-electron chi connectivity index (χ3n) is 5.44. The molecule has 1 amide bonds. The van der Waals surface area contributed by atoms with Gasteiger partial charge in [-0.1, -0.05) is 18.2 Å². The molecule has 4 fully saturated rings. The van der Waals surface area contributed by atoms with Crippen LogP contribution in [0.25, 0.3) is 10.1 Å². The molecule has 6 rings (SSSR count). The minimum absolute atomic E-state index is 0. The van der Waals surface area contributed by atoms with E-state index in [1.807, 2.05) is 17.0 Å². The first kappa shape index (κ1) is 15.2. The van der Waals surface area contributed by atoms with Gasteiger partial charge in [0.2, 0.25) is 0 Å². The maximum atomic E-state index is 12.5. The predicted molar refractivity (Wildman–Crippen MR) is 94.8 cm³/mol. The van der Waals surface area contributed by atoms with Gasteiger partial charge in [-0.15, -0.1) is 23.7 Å². The summed E-state index contributed by atoms with van der Waals surface area (Å²) >= 11 is 1.68. The van der Waals surface area contributed by atoms with Crippen LogP contribution in [-0.2, 0) is 4.74 Å². The Balaban J connectivity index is 0.00000135. The van der Waals surface area contributed by atoms with Crippen LogP contribution in [-0.4, -0.2) is 42.8 Å². The van der Waals surface area contributed by atoms with Gasteiger partial charge < -0.3 is 4.74 Å². The van der Waals surface area contributed by atoms with E-state index in [-0.39, 0.29) is 24.1 Å². The Bertz CT molecular complexity index is 723. The first-order valence-electron chi connectivity index (χ1n) is 7.95. The smallest absolute Gasteiger partial charge is 0.415 e. The number of rotatable bonds is 1. The summed E-state index contributed by atoms with van der Waals surface area (Å²) in [6.07, 6.45) is 2.15. The lowest BCUT2D eigenvalue weighted by molar-refractivity contribution is -0.0881. The lowest BCUT2D eigenvalue weighted by Gasteiger charge is -2.49. The maximum Gasteiger partial charge on any atom is 0.415 e. The normalized spacial score (nSPS) is 32.3. The number of thiophene rings is 1. The standard InChI is InChI=1S/C17H18N2O2S.ClH/c20-16-19(15-9-12-3-1-2-4-14(12)22-15)11-17(21-16)10-18-7-5-13(17)6-8-18;/h1-4,9,13H,5-8,10-11H2;1H/t17-;/m0./s1. The molecule has 1 aromatic carbocycles. The molecule has 6 heteroatoms. The Labute approximate surface area is 145 Å².